The van der Waals surface area contributed by atoms with Gasteiger partial charge in [0.2, 0.25) is 0 Å². The van der Waals surface area contributed by atoms with Crippen LogP contribution in [0.3, 0.4) is 0 Å². The maximum absolute atomic E-state index is 10.1. The van der Waals surface area contributed by atoms with Crippen molar-refractivity contribution in [1.29, 1.82) is 0 Å². The summed E-state index contributed by atoms with van der Waals surface area (Å²) in [4.78, 5) is 0. The van der Waals surface area contributed by atoms with Crippen LogP contribution in [0.15, 0.2) is 12.1 Å². The van der Waals surface area contributed by atoms with Gasteiger partial charge in [-0.1, -0.05) is 32.9 Å². The van der Waals surface area contributed by atoms with E-state index in [0.717, 1.165) is 24.0 Å². The summed E-state index contributed by atoms with van der Waals surface area (Å²) < 4.78 is 0. The van der Waals surface area contributed by atoms with Crippen molar-refractivity contribution in [2.24, 2.45) is 0 Å². The van der Waals surface area contributed by atoms with Gasteiger partial charge in [0, 0.05) is 0 Å². The Bertz CT molecular complexity index is 358. The first-order chi connectivity index (χ1) is 6.48. The van der Waals surface area contributed by atoms with E-state index in [0.29, 0.717) is 5.75 Å². The lowest BCUT2D eigenvalue weighted by Gasteiger charge is -2.25. The summed E-state index contributed by atoms with van der Waals surface area (Å²) in [6.07, 6.45) is 3.37. The summed E-state index contributed by atoms with van der Waals surface area (Å²) in [7, 11) is 0. The van der Waals surface area contributed by atoms with Crippen LogP contribution in [0.25, 0.3) is 0 Å². The van der Waals surface area contributed by atoms with Crippen molar-refractivity contribution in [2.45, 2.75) is 45.4 Å². The number of hydrogen-bond acceptors (Lipinski definition) is 1. The summed E-state index contributed by atoms with van der Waals surface area (Å²) >= 11 is 0. The lowest BCUT2D eigenvalue weighted by molar-refractivity contribution is 0.436. The van der Waals surface area contributed by atoms with E-state index >= 15 is 0 Å². The minimum Gasteiger partial charge on any atom is -0.507 e. The molecule has 0 aromatic heterocycles. The fourth-order valence-electron chi connectivity index (χ4n) is 2.15. The van der Waals surface area contributed by atoms with E-state index in [-0.39, 0.29) is 5.41 Å². The van der Waals surface area contributed by atoms with Crippen LogP contribution in [0.4, 0.5) is 0 Å². The second kappa shape index (κ2) is 3.01. The number of hydrogen-bond donors (Lipinski definition) is 1. The molecular formula is C13H18O. The molecule has 0 saturated carbocycles. The minimum atomic E-state index is 0.0478. The van der Waals surface area contributed by atoms with Gasteiger partial charge in [0.05, 0.1) is 0 Å². The Morgan fingerprint density at radius 1 is 1.14 bits per heavy atom. The Hall–Kier alpha value is -0.980. The van der Waals surface area contributed by atoms with Crippen molar-refractivity contribution in [3.8, 4) is 5.75 Å². The molecule has 0 radical (unpaired) electrons. The molecule has 76 valence electrons. The van der Waals surface area contributed by atoms with Gasteiger partial charge in [-0.25, -0.2) is 0 Å². The van der Waals surface area contributed by atoms with Crippen LogP contribution in [0.2, 0.25) is 0 Å². The largest absolute Gasteiger partial charge is 0.507 e. The van der Waals surface area contributed by atoms with E-state index in [1.54, 1.807) is 0 Å². The van der Waals surface area contributed by atoms with Crippen molar-refractivity contribution in [2.75, 3.05) is 0 Å². The fourth-order valence-corrected chi connectivity index (χ4v) is 2.15. The van der Waals surface area contributed by atoms with Gasteiger partial charge in [-0.3, -0.25) is 0 Å². The number of rotatable bonds is 0. The van der Waals surface area contributed by atoms with Crippen LogP contribution in [0, 0.1) is 0 Å². The molecule has 1 aliphatic rings. The van der Waals surface area contributed by atoms with E-state index in [2.05, 4.69) is 32.9 Å². The molecule has 0 unspecified atom stereocenters. The molecule has 1 nitrogen and oxygen atoms in total. The van der Waals surface area contributed by atoms with Crippen LogP contribution in [0.5, 0.6) is 5.75 Å². The number of benzene rings is 1. The first-order valence-corrected chi connectivity index (χ1v) is 5.34. The molecule has 1 N–H and O–H groups in total. The Kier molecular flexibility index (Phi) is 2.06. The average molecular weight is 190 g/mol. The zero-order valence-corrected chi connectivity index (χ0v) is 9.22. The van der Waals surface area contributed by atoms with Crippen molar-refractivity contribution in [1.82, 2.24) is 0 Å². The van der Waals surface area contributed by atoms with Crippen LogP contribution < -0.4 is 0 Å². The van der Waals surface area contributed by atoms with Gasteiger partial charge in [-0.05, 0) is 41.4 Å². The van der Waals surface area contributed by atoms with Gasteiger partial charge in [0.1, 0.15) is 5.75 Å². The SMILES string of the molecule is CC(C)(C)c1cc2cc(c1O)CCC2. The van der Waals surface area contributed by atoms with Gasteiger partial charge in [-0.15, -0.1) is 0 Å². The maximum atomic E-state index is 10.1. The molecule has 0 spiro atoms. The zero-order chi connectivity index (χ0) is 10.3. The molecule has 1 aromatic carbocycles. The molecule has 0 aliphatic heterocycles. The van der Waals surface area contributed by atoms with E-state index in [4.69, 9.17) is 0 Å². The number of aryl methyl sites for hydroxylation is 2. The molecule has 0 heterocycles. The predicted molar refractivity (Wildman–Crippen MR) is 58.8 cm³/mol. The van der Waals surface area contributed by atoms with Gasteiger partial charge in [0.15, 0.2) is 0 Å². The molecule has 0 saturated heterocycles. The number of phenols is 1. The van der Waals surface area contributed by atoms with E-state index in [1.165, 1.54) is 12.0 Å². The highest BCUT2D eigenvalue weighted by atomic mass is 16.3. The molecule has 0 fully saturated rings. The topological polar surface area (TPSA) is 20.2 Å². The van der Waals surface area contributed by atoms with Crippen molar-refractivity contribution < 1.29 is 5.11 Å². The third-order valence-corrected chi connectivity index (χ3v) is 2.97. The van der Waals surface area contributed by atoms with Crippen molar-refractivity contribution in [3.05, 3.63) is 28.8 Å². The van der Waals surface area contributed by atoms with Crippen LogP contribution in [-0.4, -0.2) is 5.11 Å². The monoisotopic (exact) mass is 190 g/mol. The first kappa shape index (κ1) is 9.57. The summed E-state index contributed by atoms with van der Waals surface area (Å²) in [5.74, 6) is 0.529. The minimum absolute atomic E-state index is 0.0478. The lowest BCUT2D eigenvalue weighted by Crippen LogP contribution is -2.14. The van der Waals surface area contributed by atoms with Crippen LogP contribution in [0.1, 0.15) is 43.9 Å². The van der Waals surface area contributed by atoms with Crippen LogP contribution >= 0.6 is 0 Å². The van der Waals surface area contributed by atoms with E-state index in [9.17, 15) is 5.11 Å². The summed E-state index contributed by atoms with van der Waals surface area (Å²) in [6.45, 7) is 6.45. The van der Waals surface area contributed by atoms with E-state index < -0.39 is 0 Å². The van der Waals surface area contributed by atoms with Crippen LogP contribution in [-0.2, 0) is 18.3 Å². The molecule has 1 aromatic rings. The van der Waals surface area contributed by atoms with Crippen molar-refractivity contribution >= 4 is 0 Å². The highest BCUT2D eigenvalue weighted by Gasteiger charge is 2.22. The average Bonchev–Trinajstić information content (AvgIpc) is 2.10. The highest BCUT2D eigenvalue weighted by Crippen LogP contribution is 2.37. The van der Waals surface area contributed by atoms with E-state index in [1.807, 2.05) is 0 Å². The van der Waals surface area contributed by atoms with Gasteiger partial charge in [-0.2, -0.15) is 0 Å². The number of fused-ring (bicyclic) bond motifs is 2. The fraction of sp³-hybridized carbons (Fsp3) is 0.538. The standard InChI is InChI=1S/C13H18O/c1-13(2,3)11-8-9-5-4-6-10(7-9)12(11)14/h7-8,14H,4-6H2,1-3H3. The highest BCUT2D eigenvalue weighted by molar-refractivity contribution is 5.48. The quantitative estimate of drug-likeness (QED) is 0.666. The number of aromatic hydroxyl groups is 1. The summed E-state index contributed by atoms with van der Waals surface area (Å²) in [6, 6.07) is 4.31. The van der Waals surface area contributed by atoms with Gasteiger partial charge < -0.3 is 5.11 Å². The first-order valence-electron chi connectivity index (χ1n) is 5.34. The lowest BCUT2D eigenvalue weighted by atomic mass is 9.81. The normalized spacial score (nSPS) is 15.6. The molecule has 0 atom stereocenters. The second-order valence-corrected chi connectivity index (χ2v) is 5.25. The smallest absolute Gasteiger partial charge is 0.122 e. The molecule has 2 rings (SSSR count). The molecule has 2 bridgehead atoms. The maximum Gasteiger partial charge on any atom is 0.122 e. The molecule has 0 amide bonds. The molecule has 1 heteroatoms. The Balaban J connectivity index is 2.58. The van der Waals surface area contributed by atoms with Gasteiger partial charge in [0.25, 0.3) is 0 Å². The van der Waals surface area contributed by atoms with Crippen molar-refractivity contribution in [3.63, 3.8) is 0 Å². The molecule has 14 heavy (non-hydrogen) atoms. The van der Waals surface area contributed by atoms with Gasteiger partial charge >= 0.3 is 0 Å². The molecular weight excluding hydrogens is 172 g/mol. The third kappa shape index (κ3) is 1.52. The predicted octanol–water partition coefficient (Wildman–Crippen LogP) is 3.18. The zero-order valence-electron chi connectivity index (χ0n) is 9.22. The third-order valence-electron chi connectivity index (χ3n) is 2.97. The Morgan fingerprint density at radius 3 is 2.50 bits per heavy atom. The second-order valence-electron chi connectivity index (χ2n) is 5.25. The Labute approximate surface area is 85.8 Å². The molecule has 1 aliphatic carbocycles. The number of phenolic OH excluding ortho intramolecular Hbond substituents is 1. The summed E-state index contributed by atoms with van der Waals surface area (Å²) in [5, 5.41) is 10.1. The Morgan fingerprint density at radius 2 is 1.86 bits per heavy atom. The summed E-state index contributed by atoms with van der Waals surface area (Å²) in [5.41, 5.74) is 3.67.